The van der Waals surface area contributed by atoms with E-state index in [9.17, 15) is 0 Å². The van der Waals surface area contributed by atoms with Gasteiger partial charge in [0.15, 0.2) is 0 Å². The van der Waals surface area contributed by atoms with E-state index in [1.54, 1.807) is 0 Å². The van der Waals surface area contributed by atoms with Gasteiger partial charge in [-0.2, -0.15) is 0 Å². The molecule has 2 rings (SSSR count). The maximum Gasteiger partial charge on any atom is 0.106 e. The van der Waals surface area contributed by atoms with E-state index in [0.29, 0.717) is 11.0 Å². The molecule has 1 fully saturated rings. The van der Waals surface area contributed by atoms with Crippen molar-refractivity contribution in [2.75, 3.05) is 25.2 Å². The van der Waals surface area contributed by atoms with E-state index in [1.807, 2.05) is 12.1 Å². The van der Waals surface area contributed by atoms with Gasteiger partial charge < -0.3 is 15.4 Å². The highest BCUT2D eigenvalue weighted by Gasteiger charge is 2.22. The smallest absolute Gasteiger partial charge is 0.106 e. The van der Waals surface area contributed by atoms with Gasteiger partial charge in [0.25, 0.3) is 0 Å². The van der Waals surface area contributed by atoms with Crippen LogP contribution in [0.3, 0.4) is 0 Å². The molecule has 3 nitrogen and oxygen atoms in total. The molecule has 0 spiro atoms. The average molecular weight is 250 g/mol. The van der Waals surface area contributed by atoms with Gasteiger partial charge in [-0.05, 0) is 31.0 Å². The first-order valence-electron chi connectivity index (χ1n) is 5.80. The topological polar surface area (TPSA) is 38.5 Å². The summed E-state index contributed by atoms with van der Waals surface area (Å²) in [5, 5.41) is 0. The third-order valence-corrected chi connectivity index (χ3v) is 3.47. The molecule has 1 unspecified atom stereocenters. The van der Waals surface area contributed by atoms with Crippen LogP contribution in [0.1, 0.15) is 17.5 Å². The number of ether oxygens (including phenoxy) is 1. The van der Waals surface area contributed by atoms with E-state index in [2.05, 4.69) is 24.9 Å². The number of benzene rings is 1. The molecular formula is C13H18N2OS. The second kappa shape index (κ2) is 5.02. The Bertz CT molecular complexity index is 427. The van der Waals surface area contributed by atoms with Crippen molar-refractivity contribution < 1.29 is 4.74 Å². The summed E-state index contributed by atoms with van der Waals surface area (Å²) >= 11 is 5.11. The average Bonchev–Trinajstić information content (AvgIpc) is 2.80. The highest BCUT2D eigenvalue weighted by atomic mass is 32.1. The summed E-state index contributed by atoms with van der Waals surface area (Å²) < 4.78 is 5.42. The highest BCUT2D eigenvalue weighted by molar-refractivity contribution is 7.80. The van der Waals surface area contributed by atoms with Gasteiger partial charge in [0.1, 0.15) is 4.99 Å². The van der Waals surface area contributed by atoms with Crippen molar-refractivity contribution in [2.24, 2.45) is 5.73 Å². The quantitative estimate of drug-likeness (QED) is 0.831. The van der Waals surface area contributed by atoms with Crippen LogP contribution in [-0.2, 0) is 4.74 Å². The Hall–Kier alpha value is -1.13. The molecule has 1 heterocycles. The van der Waals surface area contributed by atoms with Crippen LogP contribution in [0.25, 0.3) is 0 Å². The van der Waals surface area contributed by atoms with Crippen LogP contribution < -0.4 is 10.6 Å². The van der Waals surface area contributed by atoms with Crippen LogP contribution in [-0.4, -0.2) is 31.3 Å². The first-order valence-corrected chi connectivity index (χ1v) is 6.21. The molecule has 1 aliphatic rings. The molecule has 1 aliphatic heterocycles. The van der Waals surface area contributed by atoms with Gasteiger partial charge in [0.05, 0.1) is 12.6 Å². The number of nitrogens with zero attached hydrogens (tertiary/aromatic N) is 1. The van der Waals surface area contributed by atoms with Crippen LogP contribution >= 0.6 is 12.2 Å². The van der Waals surface area contributed by atoms with Gasteiger partial charge in [-0.15, -0.1) is 0 Å². The highest BCUT2D eigenvalue weighted by Crippen LogP contribution is 2.25. The number of nitrogens with two attached hydrogens (primary N) is 1. The standard InChI is InChI=1S/C13H18N2OS/c1-9-3-4-11(13(14)17)12(7-9)15(2)10-5-6-16-8-10/h3-4,7,10H,5-6,8H2,1-2H3,(H2,14,17). The molecule has 0 saturated carbocycles. The molecule has 0 bridgehead atoms. The molecule has 4 heteroatoms. The summed E-state index contributed by atoms with van der Waals surface area (Å²) in [5.41, 5.74) is 9.04. The summed E-state index contributed by atoms with van der Waals surface area (Å²) in [7, 11) is 2.08. The molecule has 17 heavy (non-hydrogen) atoms. The Labute approximate surface area is 108 Å². The molecule has 1 saturated heterocycles. The molecule has 0 radical (unpaired) electrons. The predicted octanol–water partition coefficient (Wildman–Crippen LogP) is 1.85. The maximum absolute atomic E-state index is 5.77. The van der Waals surface area contributed by atoms with Crippen molar-refractivity contribution in [3.63, 3.8) is 0 Å². The minimum atomic E-state index is 0.421. The molecular weight excluding hydrogens is 232 g/mol. The predicted molar refractivity (Wildman–Crippen MR) is 74.7 cm³/mol. The Morgan fingerprint density at radius 3 is 2.88 bits per heavy atom. The minimum absolute atomic E-state index is 0.421. The molecule has 2 N–H and O–H groups in total. The Kier molecular flexibility index (Phi) is 3.64. The Morgan fingerprint density at radius 2 is 2.29 bits per heavy atom. The lowest BCUT2D eigenvalue weighted by Crippen LogP contribution is -2.33. The molecule has 0 aliphatic carbocycles. The molecule has 1 aromatic rings. The van der Waals surface area contributed by atoms with E-state index in [0.717, 1.165) is 30.9 Å². The zero-order valence-corrected chi connectivity index (χ0v) is 11.1. The zero-order valence-electron chi connectivity index (χ0n) is 10.3. The fraction of sp³-hybridized carbons (Fsp3) is 0.462. The van der Waals surface area contributed by atoms with Crippen molar-refractivity contribution in [3.05, 3.63) is 29.3 Å². The first-order chi connectivity index (χ1) is 8.09. The Balaban J connectivity index is 2.34. The van der Waals surface area contributed by atoms with Crippen LogP contribution in [0, 0.1) is 6.92 Å². The van der Waals surface area contributed by atoms with Gasteiger partial charge in [-0.1, -0.05) is 18.3 Å². The monoisotopic (exact) mass is 250 g/mol. The van der Waals surface area contributed by atoms with Crippen molar-refractivity contribution in [3.8, 4) is 0 Å². The van der Waals surface area contributed by atoms with Gasteiger partial charge in [0, 0.05) is 24.9 Å². The second-order valence-corrected chi connectivity index (χ2v) is 4.95. The van der Waals surface area contributed by atoms with Gasteiger partial charge in [-0.25, -0.2) is 0 Å². The lowest BCUT2D eigenvalue weighted by atomic mass is 10.1. The number of anilines is 1. The molecule has 1 atom stereocenters. The maximum atomic E-state index is 5.77. The molecule has 92 valence electrons. The van der Waals surface area contributed by atoms with Crippen molar-refractivity contribution >= 4 is 22.9 Å². The molecule has 1 aromatic carbocycles. The number of rotatable bonds is 3. The third-order valence-electron chi connectivity index (χ3n) is 3.25. The van der Waals surface area contributed by atoms with Crippen LogP contribution in [0.4, 0.5) is 5.69 Å². The third kappa shape index (κ3) is 2.58. The molecule has 0 aromatic heterocycles. The van der Waals surface area contributed by atoms with E-state index in [-0.39, 0.29) is 0 Å². The van der Waals surface area contributed by atoms with Gasteiger partial charge >= 0.3 is 0 Å². The fourth-order valence-electron chi connectivity index (χ4n) is 2.17. The second-order valence-electron chi connectivity index (χ2n) is 4.51. The van der Waals surface area contributed by atoms with Crippen LogP contribution in [0.5, 0.6) is 0 Å². The summed E-state index contributed by atoms with van der Waals surface area (Å²) in [5.74, 6) is 0. The van der Waals surface area contributed by atoms with E-state index in [1.165, 1.54) is 5.56 Å². The van der Waals surface area contributed by atoms with Crippen molar-refractivity contribution in [2.45, 2.75) is 19.4 Å². The summed E-state index contributed by atoms with van der Waals surface area (Å²) in [6, 6.07) is 6.59. The largest absolute Gasteiger partial charge is 0.389 e. The lowest BCUT2D eigenvalue weighted by Gasteiger charge is -2.27. The lowest BCUT2D eigenvalue weighted by molar-refractivity contribution is 0.193. The molecule has 0 amide bonds. The zero-order chi connectivity index (χ0) is 12.4. The summed E-state index contributed by atoms with van der Waals surface area (Å²) in [6.45, 7) is 3.69. The first kappa shape index (κ1) is 12.3. The number of likely N-dealkylation sites (N-methyl/N-ethyl adjacent to an activating group) is 1. The number of aryl methyl sites for hydroxylation is 1. The van der Waals surface area contributed by atoms with Gasteiger partial charge in [0.2, 0.25) is 0 Å². The Morgan fingerprint density at radius 1 is 1.53 bits per heavy atom. The van der Waals surface area contributed by atoms with E-state index < -0.39 is 0 Å². The van der Waals surface area contributed by atoms with Crippen LogP contribution in [0.2, 0.25) is 0 Å². The van der Waals surface area contributed by atoms with E-state index >= 15 is 0 Å². The fourth-order valence-corrected chi connectivity index (χ4v) is 2.34. The minimum Gasteiger partial charge on any atom is -0.389 e. The number of hydrogen-bond donors (Lipinski definition) is 1. The summed E-state index contributed by atoms with van der Waals surface area (Å²) in [6.07, 6.45) is 1.06. The SMILES string of the molecule is Cc1ccc(C(N)=S)c(N(C)C2CCOC2)c1. The number of thiocarbonyl (C=S) groups is 1. The summed E-state index contributed by atoms with van der Waals surface area (Å²) in [4.78, 5) is 2.68. The normalized spacial score (nSPS) is 19.3. The van der Waals surface area contributed by atoms with Crippen molar-refractivity contribution in [1.82, 2.24) is 0 Å². The van der Waals surface area contributed by atoms with Crippen LogP contribution in [0.15, 0.2) is 18.2 Å². The number of hydrogen-bond acceptors (Lipinski definition) is 3. The van der Waals surface area contributed by atoms with Gasteiger partial charge in [-0.3, -0.25) is 0 Å². The van der Waals surface area contributed by atoms with Crippen molar-refractivity contribution in [1.29, 1.82) is 0 Å². The van der Waals surface area contributed by atoms with E-state index in [4.69, 9.17) is 22.7 Å².